The molecule has 0 atom stereocenters. The van der Waals surface area contributed by atoms with Gasteiger partial charge in [0.05, 0.1) is 0 Å². The Balaban J connectivity index is 0.000000360. The van der Waals surface area contributed by atoms with Crippen molar-refractivity contribution in [1.29, 1.82) is 0 Å². The molecule has 0 amide bonds. The summed E-state index contributed by atoms with van der Waals surface area (Å²) in [6.07, 6.45) is 9.00. The first kappa shape index (κ1) is 7.52. The fourth-order valence-corrected chi connectivity index (χ4v) is 1.06. The molecule has 1 rings (SSSR count). The van der Waals surface area contributed by atoms with Crippen LogP contribution in [0.3, 0.4) is 0 Å². The average molecular weight is 139 g/mol. The Bertz CT molecular complexity index is 19.7. The first-order valence-electron chi connectivity index (χ1n) is 3.00. The summed E-state index contributed by atoms with van der Waals surface area (Å²) in [6.45, 7) is 0. The van der Waals surface area contributed by atoms with Gasteiger partial charge in [-0.2, -0.15) is 0 Å². The maximum Gasteiger partial charge on any atom is 0 e. The molecule has 0 aromatic heterocycles. The number of rotatable bonds is 0. The first-order chi connectivity index (χ1) is 3.00. The van der Waals surface area contributed by atoms with Crippen molar-refractivity contribution in [2.45, 2.75) is 38.5 Å². The summed E-state index contributed by atoms with van der Waals surface area (Å²) in [5.41, 5.74) is 0. The molecule has 1 fully saturated rings. The third-order valence-electron chi connectivity index (χ3n) is 1.50. The van der Waals surface area contributed by atoms with E-state index in [0.717, 1.165) is 0 Å². The van der Waals surface area contributed by atoms with Gasteiger partial charge in [-0.25, -0.2) is 0 Å². The molecule has 0 aromatic carbocycles. The van der Waals surface area contributed by atoms with Crippen molar-refractivity contribution in [1.82, 2.24) is 0 Å². The molecule has 0 bridgehead atoms. The number of hydrogen-bond donors (Lipinski definition) is 0. The molecule has 0 N–H and O–H groups in total. The summed E-state index contributed by atoms with van der Waals surface area (Å²) < 4.78 is 0. The molecule has 0 saturated heterocycles. The van der Waals surface area contributed by atoms with Crippen molar-refractivity contribution in [2.24, 2.45) is 0 Å². The molecule has 1 heteroatoms. The fourth-order valence-electron chi connectivity index (χ4n) is 1.06. The van der Waals surface area contributed by atoms with Crippen LogP contribution in [-0.4, -0.2) is 0 Å². The summed E-state index contributed by atoms with van der Waals surface area (Å²) in [5.74, 6) is 0. The molecule has 0 nitrogen and oxygen atoms in total. The van der Waals surface area contributed by atoms with Crippen LogP contribution in [0.5, 0.6) is 0 Å². The quantitative estimate of drug-likeness (QED) is 0.452. The monoisotopic (exact) mass is 139 g/mol. The van der Waals surface area contributed by atoms with Crippen LogP contribution >= 0.6 is 0 Å². The van der Waals surface area contributed by atoms with Gasteiger partial charge in [-0.3, -0.25) is 0 Å². The summed E-state index contributed by atoms with van der Waals surface area (Å²) in [6, 6.07) is 0. The summed E-state index contributed by atoms with van der Waals surface area (Å²) in [7, 11) is 0. The van der Waals surface area contributed by atoms with Gasteiger partial charge >= 0.3 is 0 Å². The summed E-state index contributed by atoms with van der Waals surface area (Å²) >= 11 is 0. The number of hydrogen-bond acceptors (Lipinski definition) is 0. The minimum absolute atomic E-state index is 0. The Morgan fingerprint density at radius 1 is 0.429 bits per heavy atom. The van der Waals surface area contributed by atoms with Gasteiger partial charge in [0.15, 0.2) is 0 Å². The van der Waals surface area contributed by atoms with Crippen LogP contribution in [0.25, 0.3) is 0 Å². The van der Waals surface area contributed by atoms with E-state index in [1.54, 1.807) is 0 Å². The van der Waals surface area contributed by atoms with Crippen LogP contribution < -0.4 is 0 Å². The molecule has 43 valence electrons. The van der Waals surface area contributed by atoms with Crippen molar-refractivity contribution in [3.05, 3.63) is 0 Å². The van der Waals surface area contributed by atoms with Gasteiger partial charge < -0.3 is 0 Å². The zero-order chi connectivity index (χ0) is 4.24. The molecule has 1 radical (unpaired) electrons. The van der Waals surface area contributed by atoms with Crippen molar-refractivity contribution in [3.8, 4) is 0 Å². The van der Waals surface area contributed by atoms with E-state index < -0.39 is 0 Å². The van der Waals surface area contributed by atoms with Crippen LogP contribution in [0.15, 0.2) is 0 Å². The van der Waals surface area contributed by atoms with Crippen molar-refractivity contribution >= 4 is 0 Å². The van der Waals surface area contributed by atoms with Crippen LogP contribution in [-0.2, 0) is 17.1 Å². The Hall–Kier alpha value is 0.519. The van der Waals surface area contributed by atoms with Gasteiger partial charge in [0.25, 0.3) is 0 Å². The molecule has 0 aliphatic heterocycles. The molecule has 7 heavy (non-hydrogen) atoms. The van der Waals surface area contributed by atoms with Gasteiger partial charge in [-0.1, -0.05) is 38.5 Å². The largest absolute Gasteiger partial charge is 0.0533 e. The van der Waals surface area contributed by atoms with Gasteiger partial charge in [0.1, 0.15) is 0 Å². The molecule has 0 unspecified atom stereocenters. The molecule has 1 aliphatic rings. The average Bonchev–Trinajstić information content (AvgIpc) is 1.72. The molecular weight excluding hydrogens is 127 g/mol. The van der Waals surface area contributed by atoms with Gasteiger partial charge in [0, 0.05) is 17.1 Å². The predicted octanol–water partition coefficient (Wildman–Crippen LogP) is 2.34. The molecule has 0 aromatic rings. The van der Waals surface area contributed by atoms with Crippen LogP contribution in [0.2, 0.25) is 0 Å². The smallest absolute Gasteiger partial charge is 0 e. The molecular formula is C6H12Mn. The Kier molecular flexibility index (Phi) is 5.02. The normalized spacial score (nSPS) is 20.6. The fraction of sp³-hybridized carbons (Fsp3) is 1.00. The SMILES string of the molecule is C1CCCCC1.[Mn]. The minimum Gasteiger partial charge on any atom is -0.0533 e. The van der Waals surface area contributed by atoms with E-state index in [2.05, 4.69) is 0 Å². The van der Waals surface area contributed by atoms with Crippen molar-refractivity contribution < 1.29 is 17.1 Å². The van der Waals surface area contributed by atoms with E-state index in [1.165, 1.54) is 38.5 Å². The molecule has 1 saturated carbocycles. The van der Waals surface area contributed by atoms with Crippen LogP contribution in [0, 0.1) is 0 Å². The second-order valence-electron chi connectivity index (χ2n) is 2.12. The zero-order valence-electron chi connectivity index (χ0n) is 4.62. The van der Waals surface area contributed by atoms with Crippen molar-refractivity contribution in [3.63, 3.8) is 0 Å². The standard InChI is InChI=1S/C6H12.Mn/c1-2-4-6-5-3-1;/h1-6H2;. The van der Waals surface area contributed by atoms with E-state index in [0.29, 0.717) is 0 Å². The van der Waals surface area contributed by atoms with Crippen LogP contribution in [0.4, 0.5) is 0 Å². The van der Waals surface area contributed by atoms with Gasteiger partial charge in [0.2, 0.25) is 0 Å². The first-order valence-corrected chi connectivity index (χ1v) is 3.00. The second kappa shape index (κ2) is 4.67. The minimum atomic E-state index is 0. The summed E-state index contributed by atoms with van der Waals surface area (Å²) in [5, 5.41) is 0. The summed E-state index contributed by atoms with van der Waals surface area (Å²) in [4.78, 5) is 0. The van der Waals surface area contributed by atoms with E-state index in [1.807, 2.05) is 0 Å². The Morgan fingerprint density at radius 2 is 0.571 bits per heavy atom. The predicted molar refractivity (Wildman–Crippen MR) is 27.7 cm³/mol. The van der Waals surface area contributed by atoms with E-state index >= 15 is 0 Å². The van der Waals surface area contributed by atoms with Crippen molar-refractivity contribution in [2.75, 3.05) is 0 Å². The van der Waals surface area contributed by atoms with E-state index in [-0.39, 0.29) is 17.1 Å². The topological polar surface area (TPSA) is 0 Å². The third-order valence-corrected chi connectivity index (χ3v) is 1.50. The van der Waals surface area contributed by atoms with Gasteiger partial charge in [-0.05, 0) is 0 Å². The zero-order valence-corrected chi connectivity index (χ0v) is 5.80. The Labute approximate surface area is 56.2 Å². The molecule has 0 spiro atoms. The van der Waals surface area contributed by atoms with Crippen LogP contribution in [0.1, 0.15) is 38.5 Å². The molecule has 1 aliphatic carbocycles. The second-order valence-corrected chi connectivity index (χ2v) is 2.12. The van der Waals surface area contributed by atoms with E-state index in [4.69, 9.17) is 0 Å². The Morgan fingerprint density at radius 3 is 0.714 bits per heavy atom. The molecule has 0 heterocycles. The van der Waals surface area contributed by atoms with Gasteiger partial charge in [-0.15, -0.1) is 0 Å². The van der Waals surface area contributed by atoms with E-state index in [9.17, 15) is 0 Å². The third kappa shape index (κ3) is 3.13. The maximum atomic E-state index is 1.50. The maximum absolute atomic E-state index is 1.50.